The number of rotatable bonds is 7. The molecule has 1 saturated heterocycles. The van der Waals surface area contributed by atoms with E-state index in [-0.39, 0.29) is 11.9 Å². The minimum Gasteiger partial charge on any atom is -0.342 e. The van der Waals surface area contributed by atoms with Crippen LogP contribution in [-0.2, 0) is 17.9 Å². The zero-order valence-electron chi connectivity index (χ0n) is 19.8. The third-order valence-corrected chi connectivity index (χ3v) is 7.64. The highest BCUT2D eigenvalue weighted by Crippen LogP contribution is 2.34. The van der Waals surface area contributed by atoms with Gasteiger partial charge in [-0.25, -0.2) is 4.79 Å². The van der Waals surface area contributed by atoms with Crippen LogP contribution >= 0.6 is 23.2 Å². The van der Waals surface area contributed by atoms with E-state index in [1.54, 1.807) is 18.2 Å². The maximum Gasteiger partial charge on any atom is 0.319 e. The highest BCUT2D eigenvalue weighted by molar-refractivity contribution is 6.43. The van der Waals surface area contributed by atoms with Crippen LogP contribution in [0.25, 0.3) is 0 Å². The van der Waals surface area contributed by atoms with Crippen LogP contribution in [0, 0.1) is 11.3 Å². The molecule has 1 aliphatic heterocycles. The molecule has 0 bridgehead atoms. The predicted molar refractivity (Wildman–Crippen MR) is 140 cm³/mol. The average molecular weight is 516 g/mol. The third kappa shape index (κ3) is 6.08. The molecule has 0 aromatic heterocycles. The monoisotopic (exact) mass is 515 g/mol. The molecule has 1 unspecified atom stereocenters. The van der Waals surface area contributed by atoms with E-state index in [0.717, 1.165) is 30.4 Å². The summed E-state index contributed by atoms with van der Waals surface area (Å²) in [5, 5.41) is 17.7. The van der Waals surface area contributed by atoms with Crippen LogP contribution in [0.15, 0.2) is 42.5 Å². The van der Waals surface area contributed by atoms with Gasteiger partial charge < -0.3 is 16.0 Å². The summed E-state index contributed by atoms with van der Waals surface area (Å²) in [5.74, 6) is 0.669. The third-order valence-electron chi connectivity index (χ3n) is 6.82. The summed E-state index contributed by atoms with van der Waals surface area (Å²) < 4.78 is 0. The van der Waals surface area contributed by atoms with Gasteiger partial charge in [-0.2, -0.15) is 0 Å². The topological polar surface area (TPSA) is 97.3 Å². The molecule has 1 saturated carbocycles. The van der Waals surface area contributed by atoms with Crippen LogP contribution in [0.1, 0.15) is 56.6 Å². The van der Waals surface area contributed by atoms with Crippen LogP contribution in [0.3, 0.4) is 0 Å². The summed E-state index contributed by atoms with van der Waals surface area (Å²) in [6.07, 6.45) is 6.84. The van der Waals surface area contributed by atoms with E-state index in [1.165, 1.54) is 24.2 Å². The molecule has 4 N–H and O–H groups in total. The molecule has 0 spiro atoms. The average Bonchev–Trinajstić information content (AvgIpc) is 3.05. The summed E-state index contributed by atoms with van der Waals surface area (Å²) in [6.45, 7) is 2.59. The molecule has 7 nitrogen and oxygen atoms in total. The standard InChI is InChI=1S/C26H31Cl2N5O2/c1-26(14-17-6-3-2-4-7-17)23(34)33(24(29)32-26)16-19-12-10-18(11-13-19)15-30-25(35)31-21-9-5-8-20(27)22(21)28/h5,8-13,17H,2-4,6-7,14-16H2,1H3,(H2,29,32)(H2,30,31,35). The first-order valence-corrected chi connectivity index (χ1v) is 12.8. The maximum atomic E-state index is 13.2. The maximum absolute atomic E-state index is 13.2. The van der Waals surface area contributed by atoms with Gasteiger partial charge in [0.25, 0.3) is 5.91 Å². The van der Waals surface area contributed by atoms with Gasteiger partial charge in [-0.05, 0) is 42.5 Å². The summed E-state index contributed by atoms with van der Waals surface area (Å²) in [6, 6.07) is 12.3. The highest BCUT2D eigenvalue weighted by Gasteiger charge is 2.46. The summed E-state index contributed by atoms with van der Waals surface area (Å²) >= 11 is 12.1. The number of amides is 3. The van der Waals surface area contributed by atoms with Crippen LogP contribution in [0.2, 0.25) is 10.0 Å². The fraction of sp³-hybridized carbons (Fsp3) is 0.423. The predicted octanol–water partition coefficient (Wildman–Crippen LogP) is 5.91. The Balaban J connectivity index is 1.30. The van der Waals surface area contributed by atoms with Gasteiger partial charge in [0.15, 0.2) is 5.96 Å². The Bertz CT molecular complexity index is 1100. The molecule has 2 aromatic rings. The number of hydrogen-bond donors (Lipinski definition) is 4. The first kappa shape index (κ1) is 25.3. The molecule has 0 radical (unpaired) electrons. The molecule has 2 aliphatic rings. The Kier molecular flexibility index (Phi) is 7.87. The number of urea groups is 1. The molecular weight excluding hydrogens is 485 g/mol. The van der Waals surface area contributed by atoms with Crippen molar-refractivity contribution in [1.29, 1.82) is 5.41 Å². The lowest BCUT2D eigenvalue weighted by atomic mass is 9.80. The van der Waals surface area contributed by atoms with Gasteiger partial charge in [0.2, 0.25) is 0 Å². The van der Waals surface area contributed by atoms with E-state index in [0.29, 0.717) is 34.7 Å². The van der Waals surface area contributed by atoms with Crippen molar-refractivity contribution in [1.82, 2.24) is 15.5 Å². The number of hydrogen-bond acceptors (Lipinski definition) is 3. The molecule has 4 rings (SSSR count). The van der Waals surface area contributed by atoms with Crippen molar-refractivity contribution in [3.05, 3.63) is 63.6 Å². The Hall–Kier alpha value is -2.77. The zero-order chi connectivity index (χ0) is 25.0. The number of benzene rings is 2. The second kappa shape index (κ2) is 10.9. The summed E-state index contributed by atoms with van der Waals surface area (Å²) in [5.41, 5.74) is 1.56. The van der Waals surface area contributed by atoms with Gasteiger partial charge in [-0.1, -0.05) is 85.6 Å². The number of anilines is 1. The largest absolute Gasteiger partial charge is 0.342 e. The van der Waals surface area contributed by atoms with Gasteiger partial charge in [0, 0.05) is 6.54 Å². The smallest absolute Gasteiger partial charge is 0.319 e. The number of carbonyl (C=O) groups excluding carboxylic acids is 2. The van der Waals surface area contributed by atoms with Gasteiger partial charge in [-0.15, -0.1) is 0 Å². The van der Waals surface area contributed by atoms with Crippen molar-refractivity contribution in [3.63, 3.8) is 0 Å². The molecule has 186 valence electrons. The molecule has 1 atom stereocenters. The van der Waals surface area contributed by atoms with Gasteiger partial charge in [0.05, 0.1) is 22.3 Å². The van der Waals surface area contributed by atoms with E-state index in [4.69, 9.17) is 28.6 Å². The highest BCUT2D eigenvalue weighted by atomic mass is 35.5. The number of carbonyl (C=O) groups is 2. The van der Waals surface area contributed by atoms with Gasteiger partial charge in [-0.3, -0.25) is 15.1 Å². The zero-order valence-corrected chi connectivity index (χ0v) is 21.3. The Morgan fingerprint density at radius 1 is 1.11 bits per heavy atom. The SMILES string of the molecule is CC1(CC2CCCCC2)NC(=N)N(Cc2ccc(CNC(=O)Nc3cccc(Cl)c3Cl)cc2)C1=O. The fourth-order valence-corrected chi connectivity index (χ4v) is 5.28. The van der Waals surface area contributed by atoms with Crippen molar-refractivity contribution in [3.8, 4) is 0 Å². The van der Waals surface area contributed by atoms with Gasteiger partial charge >= 0.3 is 6.03 Å². The second-order valence-electron chi connectivity index (χ2n) is 9.63. The minimum absolute atomic E-state index is 0.0323. The van der Waals surface area contributed by atoms with Crippen LogP contribution in [0.5, 0.6) is 0 Å². The van der Waals surface area contributed by atoms with E-state index in [9.17, 15) is 9.59 Å². The van der Waals surface area contributed by atoms with Crippen molar-refractivity contribution < 1.29 is 9.59 Å². The molecule has 1 heterocycles. The molecule has 2 aromatic carbocycles. The normalized spacial score (nSPS) is 20.6. The number of guanidine groups is 1. The molecule has 35 heavy (non-hydrogen) atoms. The lowest BCUT2D eigenvalue weighted by Crippen LogP contribution is -2.45. The fourth-order valence-electron chi connectivity index (χ4n) is 4.93. The van der Waals surface area contributed by atoms with E-state index >= 15 is 0 Å². The van der Waals surface area contributed by atoms with Crippen LogP contribution in [-0.4, -0.2) is 28.3 Å². The van der Waals surface area contributed by atoms with Crippen LogP contribution < -0.4 is 16.0 Å². The van der Waals surface area contributed by atoms with Crippen LogP contribution in [0.4, 0.5) is 10.5 Å². The van der Waals surface area contributed by atoms with Crippen molar-refractivity contribution in [2.45, 2.75) is 64.1 Å². The minimum atomic E-state index is -0.706. The van der Waals surface area contributed by atoms with Crippen molar-refractivity contribution in [2.24, 2.45) is 5.92 Å². The van der Waals surface area contributed by atoms with E-state index < -0.39 is 11.6 Å². The molecular formula is C26H31Cl2N5O2. The van der Waals surface area contributed by atoms with Gasteiger partial charge in [0.1, 0.15) is 5.54 Å². The second-order valence-corrected chi connectivity index (χ2v) is 10.4. The molecule has 9 heteroatoms. The Labute approximate surface area is 216 Å². The number of nitrogens with one attached hydrogen (secondary N) is 4. The summed E-state index contributed by atoms with van der Waals surface area (Å²) in [7, 11) is 0. The first-order valence-electron chi connectivity index (χ1n) is 12.0. The summed E-state index contributed by atoms with van der Waals surface area (Å²) in [4.78, 5) is 27.0. The Morgan fingerprint density at radius 2 is 1.80 bits per heavy atom. The molecule has 3 amide bonds. The number of nitrogens with zero attached hydrogens (tertiary/aromatic N) is 1. The lowest BCUT2D eigenvalue weighted by molar-refractivity contribution is -0.131. The lowest BCUT2D eigenvalue weighted by Gasteiger charge is -2.30. The Morgan fingerprint density at radius 3 is 2.51 bits per heavy atom. The molecule has 1 aliphatic carbocycles. The quantitative estimate of drug-likeness (QED) is 0.368. The van der Waals surface area contributed by atoms with E-state index in [1.807, 2.05) is 31.2 Å². The van der Waals surface area contributed by atoms with Crippen molar-refractivity contribution >= 4 is 46.8 Å². The van der Waals surface area contributed by atoms with Crippen molar-refractivity contribution in [2.75, 3.05) is 5.32 Å². The number of halogens is 2. The first-order chi connectivity index (χ1) is 16.7. The van der Waals surface area contributed by atoms with E-state index in [2.05, 4.69) is 16.0 Å². The molecule has 2 fully saturated rings.